The van der Waals surface area contributed by atoms with Crippen molar-refractivity contribution in [3.8, 4) is 6.07 Å². The number of ketones is 1. The summed E-state index contributed by atoms with van der Waals surface area (Å²) in [4.78, 5) is 48.3. The Morgan fingerprint density at radius 3 is 2.39 bits per heavy atom. The van der Waals surface area contributed by atoms with Gasteiger partial charge in [-0.15, -0.1) is 0 Å². The molecule has 144 valence electrons. The molecule has 10 heteroatoms. The minimum atomic E-state index is -1.05. The summed E-state index contributed by atoms with van der Waals surface area (Å²) in [6.45, 7) is -0.823. The molecule has 2 aromatic rings. The van der Waals surface area contributed by atoms with Crippen LogP contribution in [0.3, 0.4) is 0 Å². The zero-order valence-electron chi connectivity index (χ0n) is 14.9. The summed E-state index contributed by atoms with van der Waals surface area (Å²) in [6, 6.07) is 8.02. The first-order chi connectivity index (χ1) is 13.2. The van der Waals surface area contributed by atoms with E-state index in [4.69, 9.17) is 27.3 Å². The third kappa shape index (κ3) is 4.19. The highest BCUT2D eigenvalue weighted by Crippen LogP contribution is 2.13. The van der Waals surface area contributed by atoms with E-state index in [1.807, 2.05) is 0 Å². The number of nitriles is 1. The van der Waals surface area contributed by atoms with E-state index in [-0.39, 0.29) is 11.4 Å². The highest BCUT2D eigenvalue weighted by Gasteiger charge is 2.22. The Labute approximate surface area is 163 Å². The van der Waals surface area contributed by atoms with Gasteiger partial charge in [-0.25, -0.2) is 9.59 Å². The predicted octanol–water partition coefficient (Wildman–Crippen LogP) is 0.653. The molecule has 1 heterocycles. The molecule has 0 unspecified atom stereocenters. The number of nitrogens with zero attached hydrogens (tertiary/aromatic N) is 3. The van der Waals surface area contributed by atoms with Crippen LogP contribution in [0, 0.1) is 11.3 Å². The lowest BCUT2D eigenvalue weighted by Gasteiger charge is -2.10. The average molecular weight is 403 g/mol. The van der Waals surface area contributed by atoms with E-state index in [0.717, 1.165) is 4.57 Å². The molecule has 9 nitrogen and oxygen atoms in total. The van der Waals surface area contributed by atoms with Crippen molar-refractivity contribution in [1.82, 2.24) is 9.13 Å². The number of hydrogen-bond acceptors (Lipinski definition) is 7. The van der Waals surface area contributed by atoms with Gasteiger partial charge >= 0.3 is 11.7 Å². The van der Waals surface area contributed by atoms with Crippen LogP contribution >= 0.6 is 11.6 Å². The summed E-state index contributed by atoms with van der Waals surface area (Å²) in [5.41, 5.74) is 3.77. The maximum Gasteiger partial charge on any atom is 0.349 e. The molecule has 1 aromatic carbocycles. The molecule has 0 saturated heterocycles. The standard InChI is InChI=1S/C18H15ClN4O5/c1-22-15(21)14(16(25)23(2)18(22)27)13(24)9-28-17(26)11(8-20)7-10-3-5-12(19)6-4-10/h3-7H,9,21H2,1-2H3. The lowest BCUT2D eigenvalue weighted by atomic mass is 10.1. The normalized spacial score (nSPS) is 11.0. The van der Waals surface area contributed by atoms with E-state index in [1.54, 1.807) is 30.3 Å². The number of Topliss-reactive ketones (excluding diaryl/α,β-unsaturated/α-hetero) is 1. The number of rotatable bonds is 5. The molecule has 0 aliphatic rings. The number of nitrogen functional groups attached to an aromatic ring is 1. The number of esters is 1. The van der Waals surface area contributed by atoms with E-state index in [9.17, 15) is 19.2 Å². The van der Waals surface area contributed by atoms with Crippen LogP contribution in [0.5, 0.6) is 0 Å². The fourth-order valence-electron chi connectivity index (χ4n) is 2.27. The van der Waals surface area contributed by atoms with Crippen molar-refractivity contribution in [2.45, 2.75) is 0 Å². The highest BCUT2D eigenvalue weighted by atomic mass is 35.5. The van der Waals surface area contributed by atoms with Gasteiger partial charge in [0, 0.05) is 19.1 Å². The SMILES string of the molecule is Cn1c(N)c(C(=O)COC(=O)C(C#N)=Cc2ccc(Cl)cc2)c(=O)n(C)c1=O. The molecule has 2 N–H and O–H groups in total. The van der Waals surface area contributed by atoms with E-state index in [1.165, 1.54) is 20.2 Å². The van der Waals surface area contributed by atoms with Crippen molar-refractivity contribution in [1.29, 1.82) is 5.26 Å². The van der Waals surface area contributed by atoms with Crippen molar-refractivity contribution in [3.63, 3.8) is 0 Å². The first-order valence-electron chi connectivity index (χ1n) is 7.80. The third-order valence-electron chi connectivity index (χ3n) is 3.84. The summed E-state index contributed by atoms with van der Waals surface area (Å²) >= 11 is 5.77. The molecule has 0 bridgehead atoms. The molecule has 28 heavy (non-hydrogen) atoms. The van der Waals surface area contributed by atoms with E-state index < -0.39 is 35.2 Å². The molecule has 1 aromatic heterocycles. The summed E-state index contributed by atoms with van der Waals surface area (Å²) < 4.78 is 6.47. The average Bonchev–Trinajstić information content (AvgIpc) is 2.68. The number of hydrogen-bond donors (Lipinski definition) is 1. The fraction of sp³-hybridized carbons (Fsp3) is 0.167. The van der Waals surface area contributed by atoms with Crippen LogP contribution in [0.2, 0.25) is 5.02 Å². The first kappa shape index (κ1) is 20.7. The van der Waals surface area contributed by atoms with Crippen LogP contribution in [0.4, 0.5) is 5.82 Å². The Bertz CT molecular complexity index is 1140. The van der Waals surface area contributed by atoms with Crippen LogP contribution in [-0.4, -0.2) is 27.5 Å². The number of nitrogens with two attached hydrogens (primary N) is 1. The summed E-state index contributed by atoms with van der Waals surface area (Å²) in [6.07, 6.45) is 1.27. The Morgan fingerprint density at radius 2 is 1.82 bits per heavy atom. The van der Waals surface area contributed by atoms with Crippen LogP contribution in [0.15, 0.2) is 39.4 Å². The molecule has 0 radical (unpaired) electrons. The monoisotopic (exact) mass is 402 g/mol. The van der Waals surface area contributed by atoms with Gasteiger partial charge in [0.1, 0.15) is 23.0 Å². The zero-order valence-corrected chi connectivity index (χ0v) is 15.7. The largest absolute Gasteiger partial charge is 0.453 e. The van der Waals surface area contributed by atoms with Crippen LogP contribution in [0.1, 0.15) is 15.9 Å². The fourth-order valence-corrected chi connectivity index (χ4v) is 2.39. The van der Waals surface area contributed by atoms with Crippen LogP contribution in [-0.2, 0) is 23.6 Å². The van der Waals surface area contributed by atoms with Gasteiger partial charge in [-0.1, -0.05) is 23.7 Å². The highest BCUT2D eigenvalue weighted by molar-refractivity contribution is 6.30. The van der Waals surface area contributed by atoms with Gasteiger partial charge in [-0.05, 0) is 23.8 Å². The Kier molecular flexibility index (Phi) is 6.18. The number of halogens is 1. The third-order valence-corrected chi connectivity index (χ3v) is 4.10. The van der Waals surface area contributed by atoms with Gasteiger partial charge in [0.05, 0.1) is 0 Å². The van der Waals surface area contributed by atoms with Crippen LogP contribution in [0.25, 0.3) is 6.08 Å². The molecular formula is C18H15ClN4O5. The van der Waals surface area contributed by atoms with Crippen molar-refractivity contribution in [3.05, 3.63) is 66.8 Å². The van der Waals surface area contributed by atoms with Crippen molar-refractivity contribution in [2.24, 2.45) is 14.1 Å². The Balaban J connectivity index is 2.22. The van der Waals surface area contributed by atoms with Gasteiger partial charge in [0.2, 0.25) is 5.78 Å². The molecule has 2 rings (SSSR count). The molecule has 0 aliphatic carbocycles. The second-order valence-electron chi connectivity index (χ2n) is 5.69. The molecule has 0 amide bonds. The summed E-state index contributed by atoms with van der Waals surface area (Å²) in [7, 11) is 2.48. The second-order valence-corrected chi connectivity index (χ2v) is 6.12. The number of aromatic nitrogens is 2. The van der Waals surface area contributed by atoms with Crippen molar-refractivity contribution < 1.29 is 14.3 Å². The predicted molar refractivity (Wildman–Crippen MR) is 102 cm³/mol. The number of carbonyl (C=O) groups is 2. The smallest absolute Gasteiger partial charge is 0.349 e. The van der Waals surface area contributed by atoms with Crippen LogP contribution < -0.4 is 17.0 Å². The Hall–Kier alpha value is -3.64. The molecule has 0 aliphatic heterocycles. The topological polar surface area (TPSA) is 137 Å². The Morgan fingerprint density at radius 1 is 1.21 bits per heavy atom. The van der Waals surface area contributed by atoms with Gasteiger partial charge in [0.15, 0.2) is 6.61 Å². The van der Waals surface area contributed by atoms with Gasteiger partial charge in [-0.2, -0.15) is 5.26 Å². The van der Waals surface area contributed by atoms with E-state index in [0.29, 0.717) is 15.2 Å². The quantitative estimate of drug-likeness (QED) is 0.335. The molecule has 0 fully saturated rings. The van der Waals surface area contributed by atoms with Gasteiger partial charge < -0.3 is 10.5 Å². The summed E-state index contributed by atoms with van der Waals surface area (Å²) in [5, 5.41) is 9.63. The maximum absolute atomic E-state index is 12.3. The molecule has 0 spiro atoms. The zero-order chi connectivity index (χ0) is 21.0. The van der Waals surface area contributed by atoms with E-state index in [2.05, 4.69) is 0 Å². The maximum atomic E-state index is 12.3. The van der Waals surface area contributed by atoms with E-state index >= 15 is 0 Å². The molecule has 0 atom stereocenters. The molecule has 0 saturated carbocycles. The number of benzene rings is 1. The first-order valence-corrected chi connectivity index (χ1v) is 8.18. The molecular weight excluding hydrogens is 388 g/mol. The minimum Gasteiger partial charge on any atom is -0.453 e. The summed E-state index contributed by atoms with van der Waals surface area (Å²) in [5.74, 6) is -2.29. The number of carbonyl (C=O) groups excluding carboxylic acids is 2. The lowest BCUT2D eigenvalue weighted by molar-refractivity contribution is -0.137. The second kappa shape index (κ2) is 8.37. The van der Waals surface area contributed by atoms with Gasteiger partial charge in [0.25, 0.3) is 5.56 Å². The van der Waals surface area contributed by atoms with Crippen molar-refractivity contribution in [2.75, 3.05) is 12.3 Å². The lowest BCUT2D eigenvalue weighted by Crippen LogP contribution is -2.42. The number of ether oxygens (including phenoxy) is 1. The minimum absolute atomic E-state index is 0.341. The van der Waals surface area contributed by atoms with Crippen molar-refractivity contribution >= 4 is 35.2 Å². The van der Waals surface area contributed by atoms with Gasteiger partial charge in [-0.3, -0.25) is 18.7 Å². The number of anilines is 1.